The van der Waals surface area contributed by atoms with E-state index in [0.717, 1.165) is 12.1 Å². The number of primary amides is 1. The van der Waals surface area contributed by atoms with E-state index >= 15 is 0 Å². The average Bonchev–Trinajstić information content (AvgIpc) is 2.34. The van der Waals surface area contributed by atoms with E-state index in [1.165, 1.54) is 0 Å². The van der Waals surface area contributed by atoms with Crippen molar-refractivity contribution in [3.8, 4) is 5.75 Å². The fourth-order valence-electron chi connectivity index (χ4n) is 1.38. The summed E-state index contributed by atoms with van der Waals surface area (Å²) in [7, 11) is 0. The molecule has 0 atom stereocenters. The minimum atomic E-state index is -1.03. The van der Waals surface area contributed by atoms with Crippen LogP contribution in [0.3, 0.4) is 0 Å². The van der Waals surface area contributed by atoms with Crippen molar-refractivity contribution in [3.63, 3.8) is 0 Å². The molecular formula is C10H11N3O6. The predicted octanol–water partition coefficient (Wildman–Crippen LogP) is 1.39. The molecule has 19 heavy (non-hydrogen) atoms. The minimum absolute atomic E-state index is 0.124. The molecule has 0 heterocycles. The normalized spacial score (nSPS) is 9.95. The van der Waals surface area contributed by atoms with Crippen molar-refractivity contribution in [1.29, 1.82) is 0 Å². The van der Waals surface area contributed by atoms with Gasteiger partial charge in [-0.15, -0.1) is 0 Å². The lowest BCUT2D eigenvalue weighted by Crippen LogP contribution is -2.15. The summed E-state index contributed by atoms with van der Waals surface area (Å²) in [6.07, 6.45) is 0.548. The second-order valence-electron chi connectivity index (χ2n) is 3.57. The van der Waals surface area contributed by atoms with E-state index in [0.29, 0.717) is 6.42 Å². The molecule has 1 aromatic carbocycles. The van der Waals surface area contributed by atoms with Crippen LogP contribution >= 0.6 is 0 Å². The number of hydrogen-bond donors (Lipinski definition) is 1. The van der Waals surface area contributed by atoms with Gasteiger partial charge in [-0.05, 0) is 6.42 Å². The SMILES string of the molecule is CCCOc1c(C(N)=O)cc([N+](=O)[O-])cc1[N+](=O)[O-]. The summed E-state index contributed by atoms with van der Waals surface area (Å²) < 4.78 is 5.11. The molecule has 9 nitrogen and oxygen atoms in total. The number of nitro groups is 2. The second kappa shape index (κ2) is 5.76. The van der Waals surface area contributed by atoms with Gasteiger partial charge in [-0.2, -0.15) is 0 Å². The Labute approximate surface area is 107 Å². The molecule has 0 aliphatic carbocycles. The highest BCUT2D eigenvalue weighted by Crippen LogP contribution is 2.35. The summed E-state index contributed by atoms with van der Waals surface area (Å²) >= 11 is 0. The summed E-state index contributed by atoms with van der Waals surface area (Å²) in [6.45, 7) is 1.89. The van der Waals surface area contributed by atoms with Crippen LogP contribution in [0.5, 0.6) is 5.75 Å². The van der Waals surface area contributed by atoms with Crippen LogP contribution in [0, 0.1) is 20.2 Å². The first kappa shape index (κ1) is 14.4. The van der Waals surface area contributed by atoms with E-state index in [4.69, 9.17) is 10.5 Å². The zero-order chi connectivity index (χ0) is 14.6. The van der Waals surface area contributed by atoms with E-state index in [2.05, 4.69) is 0 Å². The number of hydrogen-bond acceptors (Lipinski definition) is 6. The number of nitrogens with zero attached hydrogens (tertiary/aromatic N) is 2. The highest BCUT2D eigenvalue weighted by atomic mass is 16.6. The molecule has 2 N–H and O–H groups in total. The Balaban J connectivity index is 3.50. The quantitative estimate of drug-likeness (QED) is 0.611. The Hall–Kier alpha value is -2.71. The average molecular weight is 269 g/mol. The molecule has 0 bridgehead atoms. The van der Waals surface area contributed by atoms with Crippen molar-refractivity contribution < 1.29 is 19.4 Å². The lowest BCUT2D eigenvalue weighted by Gasteiger charge is -2.09. The number of carbonyl (C=O) groups is 1. The second-order valence-corrected chi connectivity index (χ2v) is 3.57. The van der Waals surface area contributed by atoms with Crippen LogP contribution < -0.4 is 10.5 Å². The Morgan fingerprint density at radius 1 is 1.32 bits per heavy atom. The van der Waals surface area contributed by atoms with Crippen LogP contribution in [0.1, 0.15) is 23.7 Å². The first-order chi connectivity index (χ1) is 8.88. The zero-order valence-corrected chi connectivity index (χ0v) is 9.99. The van der Waals surface area contributed by atoms with Gasteiger partial charge in [0.25, 0.3) is 11.6 Å². The minimum Gasteiger partial charge on any atom is -0.486 e. The molecule has 0 radical (unpaired) electrons. The van der Waals surface area contributed by atoms with Crippen molar-refractivity contribution in [2.45, 2.75) is 13.3 Å². The summed E-state index contributed by atoms with van der Waals surface area (Å²) in [6, 6.07) is 1.60. The van der Waals surface area contributed by atoms with Crippen molar-refractivity contribution in [1.82, 2.24) is 0 Å². The van der Waals surface area contributed by atoms with Gasteiger partial charge in [-0.3, -0.25) is 25.0 Å². The largest absolute Gasteiger partial charge is 0.486 e. The molecule has 9 heteroatoms. The van der Waals surface area contributed by atoms with Crippen LogP contribution in [-0.2, 0) is 0 Å². The third-order valence-electron chi connectivity index (χ3n) is 2.18. The molecule has 1 amide bonds. The van der Waals surface area contributed by atoms with Crippen LogP contribution in [0.25, 0.3) is 0 Å². The Morgan fingerprint density at radius 2 is 1.95 bits per heavy atom. The van der Waals surface area contributed by atoms with E-state index < -0.39 is 27.1 Å². The third-order valence-corrected chi connectivity index (χ3v) is 2.18. The van der Waals surface area contributed by atoms with Gasteiger partial charge in [0.15, 0.2) is 0 Å². The highest BCUT2D eigenvalue weighted by molar-refractivity contribution is 5.98. The number of ether oxygens (including phenoxy) is 1. The number of carbonyl (C=O) groups excluding carboxylic acids is 1. The molecule has 0 fully saturated rings. The van der Waals surface area contributed by atoms with Crippen LogP contribution in [-0.4, -0.2) is 22.4 Å². The fraction of sp³-hybridized carbons (Fsp3) is 0.300. The van der Waals surface area contributed by atoms with Crippen LogP contribution in [0.2, 0.25) is 0 Å². The lowest BCUT2D eigenvalue weighted by molar-refractivity contribution is -0.394. The van der Waals surface area contributed by atoms with Gasteiger partial charge in [-0.1, -0.05) is 6.92 Å². The van der Waals surface area contributed by atoms with Gasteiger partial charge in [0, 0.05) is 6.07 Å². The maximum Gasteiger partial charge on any atom is 0.318 e. The van der Waals surface area contributed by atoms with Gasteiger partial charge in [0.2, 0.25) is 5.75 Å². The van der Waals surface area contributed by atoms with Crippen molar-refractivity contribution in [2.75, 3.05) is 6.61 Å². The van der Waals surface area contributed by atoms with E-state index in [-0.39, 0.29) is 17.9 Å². The molecule has 0 unspecified atom stereocenters. The van der Waals surface area contributed by atoms with Gasteiger partial charge in [0.1, 0.15) is 0 Å². The molecule has 1 aromatic rings. The molecular weight excluding hydrogens is 258 g/mol. The van der Waals surface area contributed by atoms with Gasteiger partial charge in [-0.25, -0.2) is 0 Å². The third kappa shape index (κ3) is 3.15. The molecule has 0 saturated heterocycles. The topological polar surface area (TPSA) is 139 Å². The first-order valence-electron chi connectivity index (χ1n) is 5.27. The van der Waals surface area contributed by atoms with E-state index in [9.17, 15) is 25.0 Å². The number of nitrogens with two attached hydrogens (primary N) is 1. The van der Waals surface area contributed by atoms with Gasteiger partial charge < -0.3 is 10.5 Å². The molecule has 1 rings (SSSR count). The fourth-order valence-corrected chi connectivity index (χ4v) is 1.38. The van der Waals surface area contributed by atoms with Gasteiger partial charge in [0.05, 0.1) is 28.1 Å². The summed E-state index contributed by atoms with van der Waals surface area (Å²) in [5.74, 6) is -1.37. The molecule has 102 valence electrons. The van der Waals surface area contributed by atoms with Crippen molar-refractivity contribution in [3.05, 3.63) is 37.9 Å². The molecule has 0 aliphatic heterocycles. The predicted molar refractivity (Wildman–Crippen MR) is 64.1 cm³/mol. The smallest absolute Gasteiger partial charge is 0.318 e. The molecule has 0 aromatic heterocycles. The summed E-state index contributed by atoms with van der Waals surface area (Å²) in [5.41, 5.74) is 3.43. The summed E-state index contributed by atoms with van der Waals surface area (Å²) in [4.78, 5) is 31.1. The summed E-state index contributed by atoms with van der Waals surface area (Å²) in [5, 5.41) is 21.6. The standard InChI is InChI=1S/C10H11N3O6/c1-2-3-19-9-7(10(11)14)4-6(12(15)16)5-8(9)13(17)18/h4-5H,2-3H2,1H3,(H2,11,14). The molecule has 0 aliphatic rings. The first-order valence-corrected chi connectivity index (χ1v) is 5.27. The van der Waals surface area contributed by atoms with E-state index in [1.54, 1.807) is 6.92 Å². The number of rotatable bonds is 6. The Kier molecular flexibility index (Phi) is 4.35. The number of nitro benzene ring substituents is 2. The van der Waals surface area contributed by atoms with Crippen molar-refractivity contribution in [2.24, 2.45) is 5.73 Å². The Morgan fingerprint density at radius 3 is 2.37 bits per heavy atom. The highest BCUT2D eigenvalue weighted by Gasteiger charge is 2.27. The monoisotopic (exact) mass is 269 g/mol. The number of amides is 1. The molecule has 0 spiro atoms. The van der Waals surface area contributed by atoms with Gasteiger partial charge >= 0.3 is 5.69 Å². The Bertz CT molecular complexity index is 507. The van der Waals surface area contributed by atoms with E-state index in [1.807, 2.05) is 0 Å². The van der Waals surface area contributed by atoms with Crippen LogP contribution in [0.15, 0.2) is 12.1 Å². The molecule has 0 saturated carbocycles. The van der Waals surface area contributed by atoms with Crippen molar-refractivity contribution >= 4 is 17.3 Å². The lowest BCUT2D eigenvalue weighted by atomic mass is 10.1. The maximum absolute atomic E-state index is 11.2. The maximum atomic E-state index is 11.2. The number of benzene rings is 1. The zero-order valence-electron chi connectivity index (χ0n) is 9.99. The van der Waals surface area contributed by atoms with Crippen LogP contribution in [0.4, 0.5) is 11.4 Å². The number of non-ortho nitro benzene ring substituents is 1.